The maximum atomic E-state index is 12.4. The summed E-state index contributed by atoms with van der Waals surface area (Å²) in [5.74, 6) is -1.22. The van der Waals surface area contributed by atoms with Gasteiger partial charge in [-0.25, -0.2) is 4.79 Å². The highest BCUT2D eigenvalue weighted by Crippen LogP contribution is 2.30. The number of carbonyl (C=O) groups is 3. The van der Waals surface area contributed by atoms with Crippen LogP contribution in [-0.2, 0) is 4.79 Å². The fourth-order valence-electron chi connectivity index (χ4n) is 2.96. The molecule has 2 amide bonds. The van der Waals surface area contributed by atoms with E-state index in [1.165, 1.54) is 25.3 Å². The molecule has 0 saturated heterocycles. The molecule has 0 unspecified atom stereocenters. The quantitative estimate of drug-likeness (QED) is 0.721. The van der Waals surface area contributed by atoms with Gasteiger partial charge in [-0.1, -0.05) is 12.1 Å². The summed E-state index contributed by atoms with van der Waals surface area (Å²) < 4.78 is 5.31. The van der Waals surface area contributed by atoms with Crippen molar-refractivity contribution in [3.8, 4) is 5.75 Å². The summed E-state index contributed by atoms with van der Waals surface area (Å²) in [4.78, 5) is 35.8. The van der Waals surface area contributed by atoms with E-state index in [2.05, 4.69) is 10.6 Å². The number of hydrogen-bond acceptors (Lipinski definition) is 4. The van der Waals surface area contributed by atoms with Crippen LogP contribution in [0.25, 0.3) is 5.57 Å². The molecule has 27 heavy (non-hydrogen) atoms. The summed E-state index contributed by atoms with van der Waals surface area (Å²) in [6.45, 7) is 2.02. The molecular weight excluding hydrogens is 348 g/mol. The van der Waals surface area contributed by atoms with Crippen LogP contribution >= 0.6 is 0 Å². The van der Waals surface area contributed by atoms with Crippen molar-refractivity contribution in [1.29, 1.82) is 0 Å². The molecule has 0 fully saturated rings. The number of methoxy groups -OCH3 is 1. The lowest BCUT2D eigenvalue weighted by Crippen LogP contribution is -2.32. The maximum absolute atomic E-state index is 12.4. The van der Waals surface area contributed by atoms with Crippen LogP contribution in [0.5, 0.6) is 5.75 Å². The van der Waals surface area contributed by atoms with E-state index < -0.39 is 11.9 Å². The fourth-order valence-corrected chi connectivity index (χ4v) is 2.96. The van der Waals surface area contributed by atoms with Crippen molar-refractivity contribution >= 4 is 29.0 Å². The van der Waals surface area contributed by atoms with E-state index in [0.29, 0.717) is 22.4 Å². The van der Waals surface area contributed by atoms with E-state index >= 15 is 0 Å². The highest BCUT2D eigenvalue weighted by Gasteiger charge is 2.23. The predicted molar refractivity (Wildman–Crippen MR) is 100 cm³/mol. The second kappa shape index (κ2) is 7.33. The SMILES string of the molecule is COc1cc2c(cc1C)C(=O)NC/C2=C\C(=O)Nc1ccccc1C(=O)O. The summed E-state index contributed by atoms with van der Waals surface area (Å²) in [5.41, 5.74) is 2.69. The number of benzene rings is 2. The van der Waals surface area contributed by atoms with Gasteiger partial charge in [-0.05, 0) is 47.9 Å². The Morgan fingerprint density at radius 2 is 1.96 bits per heavy atom. The Balaban J connectivity index is 1.95. The van der Waals surface area contributed by atoms with Crippen molar-refractivity contribution in [3.05, 3.63) is 64.7 Å². The molecule has 2 aromatic carbocycles. The lowest BCUT2D eigenvalue weighted by atomic mass is 9.93. The first kappa shape index (κ1) is 18.2. The number of aromatic carboxylic acids is 1. The molecule has 0 spiro atoms. The number of hydrogen-bond donors (Lipinski definition) is 3. The molecule has 3 N–H and O–H groups in total. The molecule has 1 heterocycles. The van der Waals surface area contributed by atoms with Gasteiger partial charge in [0.05, 0.1) is 18.4 Å². The Bertz CT molecular complexity index is 978. The van der Waals surface area contributed by atoms with Gasteiger partial charge in [-0.2, -0.15) is 0 Å². The van der Waals surface area contributed by atoms with Gasteiger partial charge in [0.1, 0.15) is 5.75 Å². The fraction of sp³-hybridized carbons (Fsp3) is 0.150. The van der Waals surface area contributed by atoms with Gasteiger partial charge in [-0.3, -0.25) is 9.59 Å². The van der Waals surface area contributed by atoms with Crippen molar-refractivity contribution in [2.24, 2.45) is 0 Å². The Kier molecular flexibility index (Phi) is 4.94. The van der Waals surface area contributed by atoms with Crippen LogP contribution in [0.2, 0.25) is 0 Å². The number of rotatable bonds is 4. The normalized spacial score (nSPS) is 14.3. The number of carboxylic acid groups (broad SMARTS) is 1. The minimum atomic E-state index is -1.13. The first-order valence-electron chi connectivity index (χ1n) is 8.21. The number of ether oxygens (including phenoxy) is 1. The van der Waals surface area contributed by atoms with Crippen molar-refractivity contribution < 1.29 is 24.2 Å². The van der Waals surface area contributed by atoms with E-state index in [-0.39, 0.29) is 23.7 Å². The van der Waals surface area contributed by atoms with E-state index in [1.807, 2.05) is 6.92 Å². The van der Waals surface area contributed by atoms with E-state index in [4.69, 9.17) is 4.74 Å². The maximum Gasteiger partial charge on any atom is 0.337 e. The van der Waals surface area contributed by atoms with E-state index in [1.54, 1.807) is 24.3 Å². The Morgan fingerprint density at radius 3 is 2.67 bits per heavy atom. The van der Waals surface area contributed by atoms with Gasteiger partial charge in [-0.15, -0.1) is 0 Å². The lowest BCUT2D eigenvalue weighted by Gasteiger charge is -2.21. The van der Waals surface area contributed by atoms with Crippen molar-refractivity contribution in [2.45, 2.75) is 6.92 Å². The van der Waals surface area contributed by atoms with Crippen LogP contribution in [0.3, 0.4) is 0 Å². The van der Waals surface area contributed by atoms with Gasteiger partial charge in [0, 0.05) is 18.2 Å². The third kappa shape index (κ3) is 3.67. The van der Waals surface area contributed by atoms with Crippen LogP contribution in [0.4, 0.5) is 5.69 Å². The zero-order valence-electron chi connectivity index (χ0n) is 14.8. The molecule has 1 aliphatic rings. The second-order valence-electron chi connectivity index (χ2n) is 6.06. The number of para-hydroxylation sites is 1. The van der Waals surface area contributed by atoms with E-state index in [9.17, 15) is 19.5 Å². The van der Waals surface area contributed by atoms with Gasteiger partial charge in [0.2, 0.25) is 5.91 Å². The third-order valence-electron chi connectivity index (χ3n) is 4.29. The zero-order valence-corrected chi connectivity index (χ0v) is 14.8. The second-order valence-corrected chi connectivity index (χ2v) is 6.06. The number of anilines is 1. The number of amides is 2. The summed E-state index contributed by atoms with van der Waals surface area (Å²) in [5, 5.41) is 14.5. The topological polar surface area (TPSA) is 105 Å². The summed E-state index contributed by atoms with van der Waals surface area (Å²) >= 11 is 0. The van der Waals surface area contributed by atoms with Crippen molar-refractivity contribution in [1.82, 2.24) is 5.32 Å². The molecular formula is C20H18N2O5. The lowest BCUT2D eigenvalue weighted by molar-refractivity contribution is -0.111. The molecule has 3 rings (SSSR count). The molecule has 0 atom stereocenters. The first-order chi connectivity index (χ1) is 12.9. The molecule has 1 aliphatic heterocycles. The van der Waals surface area contributed by atoms with Gasteiger partial charge >= 0.3 is 5.97 Å². The monoisotopic (exact) mass is 366 g/mol. The first-order valence-corrected chi connectivity index (χ1v) is 8.21. The van der Waals surface area contributed by atoms with Crippen LogP contribution in [0, 0.1) is 6.92 Å². The number of aryl methyl sites for hydroxylation is 1. The highest BCUT2D eigenvalue weighted by molar-refractivity contribution is 6.10. The average Bonchev–Trinajstić information content (AvgIpc) is 2.64. The molecule has 0 aliphatic carbocycles. The Labute approximate surface area is 155 Å². The van der Waals surface area contributed by atoms with E-state index in [0.717, 1.165) is 5.56 Å². The predicted octanol–water partition coefficient (Wildman–Crippen LogP) is 2.47. The minimum Gasteiger partial charge on any atom is -0.496 e. The standard InChI is InChI=1S/C20H18N2O5/c1-11-7-15-14(9-17(11)27-2)12(10-21-19(15)24)8-18(23)22-16-6-4-3-5-13(16)20(25)26/h3-9H,10H2,1-2H3,(H,21,24)(H,22,23)(H,25,26)/b12-8+. The van der Waals surface area contributed by atoms with Crippen LogP contribution in [-0.4, -0.2) is 36.5 Å². The number of fused-ring (bicyclic) bond motifs is 1. The molecule has 0 aromatic heterocycles. The summed E-state index contributed by atoms with van der Waals surface area (Å²) in [7, 11) is 1.54. The van der Waals surface area contributed by atoms with Crippen LogP contribution < -0.4 is 15.4 Å². The molecule has 7 nitrogen and oxygen atoms in total. The summed E-state index contributed by atoms with van der Waals surface area (Å²) in [6, 6.07) is 9.59. The van der Waals surface area contributed by atoms with Gasteiger partial charge in [0.25, 0.3) is 5.91 Å². The largest absolute Gasteiger partial charge is 0.496 e. The van der Waals surface area contributed by atoms with Gasteiger partial charge < -0.3 is 20.5 Å². The number of carboxylic acids is 1. The summed E-state index contributed by atoms with van der Waals surface area (Å²) in [6.07, 6.45) is 1.35. The smallest absolute Gasteiger partial charge is 0.337 e. The highest BCUT2D eigenvalue weighted by atomic mass is 16.5. The van der Waals surface area contributed by atoms with Crippen molar-refractivity contribution in [2.75, 3.05) is 19.0 Å². The molecule has 0 bridgehead atoms. The van der Waals surface area contributed by atoms with Gasteiger partial charge in [0.15, 0.2) is 0 Å². The molecule has 2 aromatic rings. The Hall–Kier alpha value is -3.61. The number of nitrogens with one attached hydrogen (secondary N) is 2. The minimum absolute atomic E-state index is 0.00103. The average molecular weight is 366 g/mol. The molecule has 0 radical (unpaired) electrons. The van der Waals surface area contributed by atoms with Crippen molar-refractivity contribution in [3.63, 3.8) is 0 Å². The Morgan fingerprint density at radius 1 is 1.22 bits per heavy atom. The zero-order chi connectivity index (χ0) is 19.6. The third-order valence-corrected chi connectivity index (χ3v) is 4.29. The molecule has 0 saturated carbocycles. The van der Waals surface area contributed by atoms with Crippen LogP contribution in [0.1, 0.15) is 31.8 Å². The van der Waals surface area contributed by atoms with Crippen LogP contribution in [0.15, 0.2) is 42.5 Å². The molecule has 7 heteroatoms. The molecule has 138 valence electrons. The number of carbonyl (C=O) groups excluding carboxylic acids is 2.